The molecule has 0 bridgehead atoms. The molecule has 3 heterocycles. The number of amides is 2. The van der Waals surface area contributed by atoms with E-state index >= 15 is 0 Å². The molecule has 2 amide bonds. The van der Waals surface area contributed by atoms with Gasteiger partial charge in [-0.2, -0.15) is 0 Å². The fraction of sp³-hybridized carbons (Fsp3) is 0.312. The number of nitrogens with two attached hydrogens (primary N) is 1. The second-order valence-electron chi connectivity index (χ2n) is 5.88. The molecule has 3 rings (SSSR count). The third-order valence-corrected chi connectivity index (χ3v) is 3.94. The van der Waals surface area contributed by atoms with E-state index < -0.39 is 23.1 Å². The fourth-order valence-corrected chi connectivity index (χ4v) is 2.78. The summed E-state index contributed by atoms with van der Waals surface area (Å²) >= 11 is 0. The van der Waals surface area contributed by atoms with Crippen LogP contribution in [0.2, 0.25) is 0 Å². The third kappa shape index (κ3) is 3.97. The number of ether oxygens (including phenoxy) is 1. The van der Waals surface area contributed by atoms with E-state index in [9.17, 15) is 19.2 Å². The van der Waals surface area contributed by atoms with Gasteiger partial charge in [0.2, 0.25) is 0 Å². The smallest absolute Gasteiger partial charge is 0.326 e. The Balaban J connectivity index is 1.72. The summed E-state index contributed by atoms with van der Waals surface area (Å²) in [6.45, 7) is 0.762. The first kappa shape index (κ1) is 17.4. The molecule has 0 aromatic carbocycles. The van der Waals surface area contributed by atoms with E-state index in [-0.39, 0.29) is 24.0 Å². The number of aromatic amines is 2. The predicted octanol–water partition coefficient (Wildman–Crippen LogP) is -0.759. The summed E-state index contributed by atoms with van der Waals surface area (Å²) in [7, 11) is 0. The highest BCUT2D eigenvalue weighted by atomic mass is 16.5. The average Bonchev–Trinajstić information content (AvgIpc) is 2.60. The highest BCUT2D eigenvalue weighted by Crippen LogP contribution is 2.19. The van der Waals surface area contributed by atoms with Crippen molar-refractivity contribution >= 4 is 11.8 Å². The number of pyridine rings is 1. The number of piperidine rings is 1. The van der Waals surface area contributed by atoms with Crippen LogP contribution in [0.4, 0.5) is 0 Å². The third-order valence-electron chi connectivity index (χ3n) is 3.94. The second-order valence-corrected chi connectivity index (χ2v) is 5.88. The van der Waals surface area contributed by atoms with Gasteiger partial charge in [0.1, 0.15) is 23.2 Å². The lowest BCUT2D eigenvalue weighted by Gasteiger charge is -2.32. The number of nitrogens with one attached hydrogen (secondary N) is 2. The van der Waals surface area contributed by atoms with Gasteiger partial charge < -0.3 is 20.4 Å². The Kier molecular flexibility index (Phi) is 4.83. The van der Waals surface area contributed by atoms with Crippen LogP contribution in [0.15, 0.2) is 34.0 Å². The van der Waals surface area contributed by atoms with Gasteiger partial charge in [0.05, 0.1) is 6.54 Å². The molecular formula is C16H17N5O5. The van der Waals surface area contributed by atoms with Gasteiger partial charge in [0.15, 0.2) is 0 Å². The van der Waals surface area contributed by atoms with Crippen LogP contribution in [0, 0.1) is 0 Å². The van der Waals surface area contributed by atoms with Crippen molar-refractivity contribution in [3.05, 3.63) is 56.6 Å². The maximum absolute atomic E-state index is 12.5. The van der Waals surface area contributed by atoms with Crippen LogP contribution in [0.3, 0.4) is 0 Å². The number of hydrogen-bond donors (Lipinski definition) is 3. The van der Waals surface area contributed by atoms with Gasteiger partial charge in [-0.05, 0) is 18.9 Å². The van der Waals surface area contributed by atoms with Crippen molar-refractivity contribution < 1.29 is 14.3 Å². The van der Waals surface area contributed by atoms with Gasteiger partial charge in [0, 0.05) is 24.9 Å². The normalized spacial score (nSPS) is 16.9. The predicted molar refractivity (Wildman–Crippen MR) is 90.0 cm³/mol. The Morgan fingerprint density at radius 1 is 1.27 bits per heavy atom. The number of rotatable bonds is 4. The highest BCUT2D eigenvalue weighted by molar-refractivity contribution is 5.92. The molecule has 10 heteroatoms. The Morgan fingerprint density at radius 3 is 2.81 bits per heavy atom. The Bertz CT molecular complexity index is 922. The molecule has 0 saturated carbocycles. The molecule has 1 saturated heterocycles. The van der Waals surface area contributed by atoms with E-state index in [1.165, 1.54) is 17.2 Å². The minimum Gasteiger partial charge on any atom is -0.488 e. The van der Waals surface area contributed by atoms with E-state index in [0.29, 0.717) is 25.1 Å². The lowest BCUT2D eigenvalue weighted by Crippen LogP contribution is -2.45. The van der Waals surface area contributed by atoms with Gasteiger partial charge in [-0.3, -0.25) is 24.4 Å². The Morgan fingerprint density at radius 2 is 2.08 bits per heavy atom. The molecule has 1 aliphatic rings. The number of nitrogens with zero attached hydrogens (tertiary/aromatic N) is 2. The molecule has 0 aliphatic carbocycles. The second kappa shape index (κ2) is 7.21. The van der Waals surface area contributed by atoms with E-state index in [1.807, 2.05) is 4.98 Å². The molecule has 26 heavy (non-hydrogen) atoms. The zero-order chi connectivity index (χ0) is 18.7. The highest BCUT2D eigenvalue weighted by Gasteiger charge is 2.26. The Labute approximate surface area is 147 Å². The van der Waals surface area contributed by atoms with Crippen molar-refractivity contribution in [3.63, 3.8) is 0 Å². The molecule has 0 spiro atoms. The number of H-pyrrole nitrogens is 2. The van der Waals surface area contributed by atoms with E-state index in [0.717, 1.165) is 6.07 Å². The van der Waals surface area contributed by atoms with Crippen molar-refractivity contribution in [1.82, 2.24) is 19.9 Å². The van der Waals surface area contributed by atoms with Crippen LogP contribution in [0.1, 0.15) is 33.8 Å². The number of carbonyl (C=O) groups excluding carboxylic acids is 2. The van der Waals surface area contributed by atoms with Crippen molar-refractivity contribution in [2.75, 3.05) is 13.1 Å². The minimum atomic E-state index is -0.735. The van der Waals surface area contributed by atoms with Crippen LogP contribution in [0.25, 0.3) is 0 Å². The first-order chi connectivity index (χ1) is 12.4. The summed E-state index contributed by atoms with van der Waals surface area (Å²) < 4.78 is 5.83. The lowest BCUT2D eigenvalue weighted by molar-refractivity contribution is 0.0532. The summed E-state index contributed by atoms with van der Waals surface area (Å²) in [5.74, 6) is -0.680. The first-order valence-corrected chi connectivity index (χ1v) is 7.98. The molecule has 1 aliphatic heterocycles. The molecule has 1 fully saturated rings. The first-order valence-electron chi connectivity index (χ1n) is 7.98. The number of likely N-dealkylation sites (tertiary alicyclic amines) is 1. The number of aromatic nitrogens is 3. The summed E-state index contributed by atoms with van der Waals surface area (Å²) in [5.41, 5.74) is 3.84. The molecule has 2 aromatic heterocycles. The van der Waals surface area contributed by atoms with Gasteiger partial charge in [-0.1, -0.05) is 0 Å². The van der Waals surface area contributed by atoms with Crippen LogP contribution >= 0.6 is 0 Å². The molecule has 4 N–H and O–H groups in total. The minimum absolute atomic E-state index is 0.0701. The van der Waals surface area contributed by atoms with Crippen molar-refractivity contribution in [2.24, 2.45) is 5.73 Å². The van der Waals surface area contributed by atoms with Gasteiger partial charge in [0.25, 0.3) is 17.4 Å². The van der Waals surface area contributed by atoms with Crippen LogP contribution in [0.5, 0.6) is 5.75 Å². The fourth-order valence-electron chi connectivity index (χ4n) is 2.78. The number of primary amides is 1. The number of hydrogen-bond acceptors (Lipinski definition) is 6. The topological polar surface area (TPSA) is 151 Å². The SMILES string of the molecule is NC(=O)c1cc(OC2CCCN(C(=O)c3cc(=O)[nH]c(=O)[nH]3)C2)ccn1. The standard InChI is InChI=1S/C16H17N5O5/c17-14(23)11-6-9(3-4-18-11)26-10-2-1-5-21(8-10)15(24)12-7-13(22)20-16(25)19-12/h3-4,6-7,10H,1-2,5,8H2,(H2,17,23)(H2,19,20,22,25). The maximum atomic E-state index is 12.5. The molecule has 2 aromatic rings. The monoisotopic (exact) mass is 359 g/mol. The quantitative estimate of drug-likeness (QED) is 0.653. The molecular weight excluding hydrogens is 342 g/mol. The zero-order valence-corrected chi connectivity index (χ0v) is 13.7. The van der Waals surface area contributed by atoms with Crippen molar-refractivity contribution in [3.8, 4) is 5.75 Å². The molecule has 1 unspecified atom stereocenters. The van der Waals surface area contributed by atoms with Crippen LogP contribution in [-0.4, -0.2) is 50.9 Å². The molecule has 136 valence electrons. The van der Waals surface area contributed by atoms with Crippen LogP contribution < -0.4 is 21.7 Å². The Hall–Kier alpha value is -3.43. The number of carbonyl (C=O) groups is 2. The summed E-state index contributed by atoms with van der Waals surface area (Å²) in [6, 6.07) is 4.09. The van der Waals surface area contributed by atoms with E-state index in [4.69, 9.17) is 10.5 Å². The summed E-state index contributed by atoms with van der Waals surface area (Å²) in [6.07, 6.45) is 2.52. The van der Waals surface area contributed by atoms with Crippen molar-refractivity contribution in [2.45, 2.75) is 18.9 Å². The van der Waals surface area contributed by atoms with Gasteiger partial charge in [-0.25, -0.2) is 4.79 Å². The largest absolute Gasteiger partial charge is 0.488 e. The molecule has 1 atom stereocenters. The molecule has 10 nitrogen and oxygen atoms in total. The molecule has 0 radical (unpaired) electrons. The van der Waals surface area contributed by atoms with E-state index in [2.05, 4.69) is 9.97 Å². The van der Waals surface area contributed by atoms with Crippen LogP contribution in [-0.2, 0) is 0 Å². The van der Waals surface area contributed by atoms with Gasteiger partial charge in [-0.15, -0.1) is 0 Å². The summed E-state index contributed by atoms with van der Waals surface area (Å²) in [5, 5.41) is 0. The zero-order valence-electron chi connectivity index (χ0n) is 13.7. The van der Waals surface area contributed by atoms with Gasteiger partial charge >= 0.3 is 5.69 Å². The van der Waals surface area contributed by atoms with E-state index in [1.54, 1.807) is 6.07 Å². The maximum Gasteiger partial charge on any atom is 0.326 e. The summed E-state index contributed by atoms with van der Waals surface area (Å²) in [4.78, 5) is 56.1. The average molecular weight is 359 g/mol. The lowest BCUT2D eigenvalue weighted by atomic mass is 10.1. The van der Waals surface area contributed by atoms with Crippen molar-refractivity contribution in [1.29, 1.82) is 0 Å².